The van der Waals surface area contributed by atoms with Gasteiger partial charge in [-0.05, 0) is 66.6 Å². The summed E-state index contributed by atoms with van der Waals surface area (Å²) in [5, 5.41) is 16.1. The van der Waals surface area contributed by atoms with Gasteiger partial charge in [0.25, 0.3) is 0 Å². The number of carbonyl (C=O) groups excluding carboxylic acids is 1. The van der Waals surface area contributed by atoms with E-state index in [9.17, 15) is 19.1 Å². The lowest BCUT2D eigenvalue weighted by atomic mass is 9.91. The predicted molar refractivity (Wildman–Crippen MR) is 137 cm³/mol. The summed E-state index contributed by atoms with van der Waals surface area (Å²) in [5.41, 5.74) is 4.32. The summed E-state index contributed by atoms with van der Waals surface area (Å²) in [4.78, 5) is 24.1. The number of carboxylic acids is 1. The van der Waals surface area contributed by atoms with Crippen molar-refractivity contribution in [2.45, 2.75) is 38.2 Å². The molecule has 1 aliphatic carbocycles. The van der Waals surface area contributed by atoms with Crippen LogP contribution in [0.3, 0.4) is 0 Å². The van der Waals surface area contributed by atoms with Gasteiger partial charge in [0.2, 0.25) is 0 Å². The molecule has 0 aliphatic heterocycles. The van der Waals surface area contributed by atoms with E-state index in [1.165, 1.54) is 4.68 Å². The van der Waals surface area contributed by atoms with Gasteiger partial charge in [-0.25, -0.2) is 13.9 Å². The van der Waals surface area contributed by atoms with Crippen molar-refractivity contribution in [2.24, 2.45) is 0 Å². The molecular weight excluding hydrogens is 473 g/mol. The van der Waals surface area contributed by atoms with Gasteiger partial charge in [0.1, 0.15) is 6.10 Å². The molecule has 37 heavy (non-hydrogen) atoms. The maximum atomic E-state index is 14.5. The lowest BCUT2D eigenvalue weighted by Gasteiger charge is -2.15. The minimum atomic E-state index is -0.792. The molecule has 5 rings (SSSR count). The number of ether oxygens (including phenoxy) is 1. The minimum absolute atomic E-state index is 0.123. The summed E-state index contributed by atoms with van der Waals surface area (Å²) in [6.07, 6.45) is 1.04. The third-order valence-electron chi connectivity index (χ3n) is 6.86. The average Bonchev–Trinajstić information content (AvgIpc) is 3.64. The third kappa shape index (κ3) is 4.70. The van der Waals surface area contributed by atoms with Gasteiger partial charge in [-0.1, -0.05) is 60.7 Å². The van der Waals surface area contributed by atoms with Crippen molar-refractivity contribution in [3.05, 3.63) is 102 Å². The number of halogens is 1. The number of nitrogens with zero attached hydrogens (tertiary/aromatic N) is 2. The van der Waals surface area contributed by atoms with E-state index in [0.717, 1.165) is 34.0 Å². The number of aliphatic carboxylic acids is 1. The number of aryl methyl sites for hydroxylation is 1. The van der Waals surface area contributed by atoms with Crippen LogP contribution in [0.4, 0.5) is 15.0 Å². The molecule has 0 unspecified atom stereocenters. The molecule has 0 spiro atoms. The number of anilines is 1. The summed E-state index contributed by atoms with van der Waals surface area (Å²) < 4.78 is 21.2. The number of carbonyl (C=O) groups is 2. The third-order valence-corrected chi connectivity index (χ3v) is 6.86. The zero-order valence-electron chi connectivity index (χ0n) is 20.4. The molecule has 1 amide bonds. The SMILES string of the molecule is Cc1cc(C2(C(=O)O)CC2)ccc1-c1ccc(-n2ncc(F)c2NC(=O)O[C@H](C)c2ccccc2)cc1. The first-order valence-corrected chi connectivity index (χ1v) is 12.0. The highest BCUT2D eigenvalue weighted by molar-refractivity contribution is 5.86. The van der Waals surface area contributed by atoms with Crippen molar-refractivity contribution < 1.29 is 23.8 Å². The van der Waals surface area contributed by atoms with E-state index >= 15 is 0 Å². The van der Waals surface area contributed by atoms with Crippen LogP contribution in [0.2, 0.25) is 0 Å². The van der Waals surface area contributed by atoms with Crippen molar-refractivity contribution in [3.63, 3.8) is 0 Å². The van der Waals surface area contributed by atoms with Crippen molar-refractivity contribution >= 4 is 17.9 Å². The molecule has 0 saturated heterocycles. The lowest BCUT2D eigenvalue weighted by molar-refractivity contribution is -0.140. The van der Waals surface area contributed by atoms with Crippen LogP contribution < -0.4 is 5.32 Å². The maximum absolute atomic E-state index is 14.5. The Hall–Kier alpha value is -4.46. The second-order valence-electron chi connectivity index (χ2n) is 9.30. The number of hydrogen-bond donors (Lipinski definition) is 2. The van der Waals surface area contributed by atoms with Crippen molar-refractivity contribution in [2.75, 3.05) is 5.32 Å². The minimum Gasteiger partial charge on any atom is -0.481 e. The monoisotopic (exact) mass is 499 g/mol. The number of rotatable bonds is 7. The number of carboxylic acid groups (broad SMARTS) is 1. The van der Waals surface area contributed by atoms with Crippen LogP contribution in [0.25, 0.3) is 16.8 Å². The van der Waals surface area contributed by atoms with Crippen LogP contribution in [0.15, 0.2) is 79.0 Å². The number of nitrogens with one attached hydrogen (secondary N) is 1. The van der Waals surface area contributed by atoms with E-state index < -0.39 is 29.4 Å². The highest BCUT2D eigenvalue weighted by atomic mass is 19.1. The Labute approximate surface area is 213 Å². The summed E-state index contributed by atoms with van der Waals surface area (Å²) in [5.74, 6) is -1.59. The fourth-order valence-corrected chi connectivity index (χ4v) is 4.53. The number of amides is 1. The molecule has 3 aromatic carbocycles. The first-order chi connectivity index (χ1) is 17.8. The average molecular weight is 500 g/mol. The number of aromatic nitrogens is 2. The fraction of sp³-hybridized carbons (Fsp3) is 0.207. The molecule has 188 valence electrons. The quantitative estimate of drug-likeness (QED) is 0.306. The van der Waals surface area contributed by atoms with Crippen molar-refractivity contribution in [3.8, 4) is 16.8 Å². The Kier molecular flexibility index (Phi) is 6.25. The summed E-state index contributed by atoms with van der Waals surface area (Å²) in [6.45, 7) is 3.69. The molecule has 0 radical (unpaired) electrons. The van der Waals surface area contributed by atoms with Crippen LogP contribution >= 0.6 is 0 Å². The van der Waals surface area contributed by atoms with Crippen LogP contribution in [0, 0.1) is 12.7 Å². The Morgan fingerprint density at radius 3 is 2.41 bits per heavy atom. The second kappa shape index (κ2) is 9.54. The smallest absolute Gasteiger partial charge is 0.413 e. The molecule has 1 heterocycles. The molecule has 0 bridgehead atoms. The van der Waals surface area contributed by atoms with Gasteiger partial charge in [0.05, 0.1) is 17.3 Å². The van der Waals surface area contributed by atoms with E-state index in [0.29, 0.717) is 18.5 Å². The van der Waals surface area contributed by atoms with Crippen LogP contribution in [-0.4, -0.2) is 26.9 Å². The lowest BCUT2D eigenvalue weighted by Crippen LogP contribution is -2.19. The van der Waals surface area contributed by atoms with E-state index in [1.807, 2.05) is 67.6 Å². The van der Waals surface area contributed by atoms with Crippen LogP contribution in [0.1, 0.15) is 42.6 Å². The van der Waals surface area contributed by atoms with E-state index in [4.69, 9.17) is 4.74 Å². The van der Waals surface area contributed by atoms with Gasteiger partial charge in [-0.15, -0.1) is 0 Å². The van der Waals surface area contributed by atoms with E-state index in [-0.39, 0.29) is 5.82 Å². The molecule has 4 aromatic rings. The second-order valence-corrected chi connectivity index (χ2v) is 9.30. The summed E-state index contributed by atoms with van der Waals surface area (Å²) >= 11 is 0. The zero-order valence-corrected chi connectivity index (χ0v) is 20.4. The van der Waals surface area contributed by atoms with E-state index in [1.54, 1.807) is 19.1 Å². The van der Waals surface area contributed by atoms with Crippen LogP contribution in [-0.2, 0) is 14.9 Å². The Bertz CT molecular complexity index is 1460. The standard InChI is InChI=1S/C29H26FN3O4/c1-18-16-22(29(14-15-29)27(34)35)10-13-24(18)21-8-11-23(12-9-21)33-26(25(30)17-31-33)32-28(36)37-19(2)20-6-4-3-5-7-20/h3-13,16-17,19H,14-15H2,1-2H3,(H,32,36)(H,34,35)/t19-/m1/s1. The molecule has 2 N–H and O–H groups in total. The van der Waals surface area contributed by atoms with Crippen LogP contribution in [0.5, 0.6) is 0 Å². The first kappa shape index (κ1) is 24.2. The highest BCUT2D eigenvalue weighted by Gasteiger charge is 2.51. The van der Waals surface area contributed by atoms with E-state index in [2.05, 4.69) is 10.4 Å². The zero-order chi connectivity index (χ0) is 26.2. The van der Waals surface area contributed by atoms with Gasteiger partial charge in [0.15, 0.2) is 11.6 Å². The normalized spacial score (nSPS) is 14.6. The van der Waals surface area contributed by atoms with Gasteiger partial charge in [-0.3, -0.25) is 10.1 Å². The van der Waals surface area contributed by atoms with Gasteiger partial charge in [0, 0.05) is 0 Å². The Balaban J connectivity index is 1.33. The predicted octanol–water partition coefficient (Wildman–Crippen LogP) is 6.41. The molecule has 1 aliphatic rings. The summed E-state index contributed by atoms with van der Waals surface area (Å²) in [6, 6.07) is 22.3. The largest absolute Gasteiger partial charge is 0.481 e. The number of hydrogen-bond acceptors (Lipinski definition) is 4. The number of benzene rings is 3. The summed E-state index contributed by atoms with van der Waals surface area (Å²) in [7, 11) is 0. The molecule has 8 heteroatoms. The van der Waals surface area contributed by atoms with Gasteiger partial charge >= 0.3 is 12.1 Å². The Morgan fingerprint density at radius 1 is 1.08 bits per heavy atom. The van der Waals surface area contributed by atoms with Gasteiger partial charge < -0.3 is 9.84 Å². The molecule has 1 fully saturated rings. The molecular formula is C29H26FN3O4. The van der Waals surface area contributed by atoms with Crippen molar-refractivity contribution in [1.29, 1.82) is 0 Å². The Morgan fingerprint density at radius 2 is 1.78 bits per heavy atom. The fourth-order valence-electron chi connectivity index (χ4n) is 4.53. The molecule has 1 saturated carbocycles. The van der Waals surface area contributed by atoms with Crippen molar-refractivity contribution in [1.82, 2.24) is 9.78 Å². The molecule has 7 nitrogen and oxygen atoms in total. The molecule has 1 atom stereocenters. The highest BCUT2D eigenvalue weighted by Crippen LogP contribution is 2.49. The topological polar surface area (TPSA) is 93.5 Å². The maximum Gasteiger partial charge on any atom is 0.413 e. The molecule has 1 aromatic heterocycles. The first-order valence-electron chi connectivity index (χ1n) is 12.0. The van der Waals surface area contributed by atoms with Gasteiger partial charge in [-0.2, -0.15) is 5.10 Å².